The highest BCUT2D eigenvalue weighted by Gasteiger charge is 2.22. The zero-order valence-corrected chi connectivity index (χ0v) is 19.5. The Morgan fingerprint density at radius 3 is 2.55 bits per heavy atom. The van der Waals surface area contributed by atoms with E-state index in [4.69, 9.17) is 4.98 Å². The average molecular weight is 458 g/mol. The molecule has 0 spiro atoms. The molecule has 0 N–H and O–H groups in total. The summed E-state index contributed by atoms with van der Waals surface area (Å²) in [5.74, 6) is 0.536. The van der Waals surface area contributed by atoms with Gasteiger partial charge in [0.25, 0.3) is 5.56 Å². The molecule has 1 aromatic heterocycles. The zero-order chi connectivity index (χ0) is 22.0. The Kier molecular flexibility index (Phi) is 6.50. The van der Waals surface area contributed by atoms with E-state index >= 15 is 0 Å². The number of nitrogens with zero attached hydrogens (tertiary/aromatic N) is 3. The van der Waals surface area contributed by atoms with Crippen LogP contribution in [0.15, 0.2) is 63.4 Å². The zero-order valence-electron chi connectivity index (χ0n) is 17.8. The van der Waals surface area contributed by atoms with Crippen LogP contribution >= 0.6 is 11.8 Å². The molecule has 6 nitrogen and oxygen atoms in total. The van der Waals surface area contributed by atoms with Crippen molar-refractivity contribution in [2.75, 3.05) is 14.1 Å². The van der Waals surface area contributed by atoms with E-state index in [2.05, 4.69) is 0 Å². The summed E-state index contributed by atoms with van der Waals surface area (Å²) >= 11 is 1.49. The Morgan fingerprint density at radius 1 is 1.06 bits per heavy atom. The topological polar surface area (TPSA) is 72.3 Å². The maximum atomic E-state index is 13.3. The summed E-state index contributed by atoms with van der Waals surface area (Å²) in [5, 5.41) is 1.35. The standard InChI is InChI=1S/C23H27N3O3S2/c1-25(2)31(28,29)19-12-8-9-17(15-19)16-30-23-24-21-14-7-6-13-20(21)22(27)26(23)18-10-4-3-5-11-18/h6-9,12-15,18H,3-5,10-11,16H2,1-2H3. The van der Waals surface area contributed by atoms with Gasteiger partial charge in [-0.3, -0.25) is 9.36 Å². The van der Waals surface area contributed by atoms with Gasteiger partial charge in [-0.1, -0.05) is 55.3 Å². The Balaban J connectivity index is 1.69. The number of benzene rings is 2. The molecule has 164 valence electrons. The lowest BCUT2D eigenvalue weighted by Crippen LogP contribution is -2.29. The molecule has 0 radical (unpaired) electrons. The first-order chi connectivity index (χ1) is 14.9. The average Bonchev–Trinajstić information content (AvgIpc) is 2.78. The Labute approximate surface area is 187 Å². The number of hydrogen-bond acceptors (Lipinski definition) is 5. The summed E-state index contributed by atoms with van der Waals surface area (Å²) in [5.41, 5.74) is 1.60. The van der Waals surface area contributed by atoms with Crippen LogP contribution in [0.5, 0.6) is 0 Å². The molecule has 1 aliphatic rings. The monoisotopic (exact) mass is 457 g/mol. The smallest absolute Gasteiger partial charge is 0.262 e. The van der Waals surface area contributed by atoms with Crippen LogP contribution in [0, 0.1) is 0 Å². The number of sulfonamides is 1. The molecule has 1 heterocycles. The predicted octanol–water partition coefficient (Wildman–Crippen LogP) is 4.44. The Morgan fingerprint density at radius 2 is 1.81 bits per heavy atom. The van der Waals surface area contributed by atoms with Gasteiger partial charge in [0.1, 0.15) is 0 Å². The molecule has 1 fully saturated rings. The van der Waals surface area contributed by atoms with Crippen LogP contribution in [0.1, 0.15) is 43.7 Å². The van der Waals surface area contributed by atoms with E-state index in [1.807, 2.05) is 34.9 Å². The van der Waals surface area contributed by atoms with Gasteiger partial charge in [-0.25, -0.2) is 17.7 Å². The minimum atomic E-state index is -3.49. The van der Waals surface area contributed by atoms with Gasteiger partial charge in [0.15, 0.2) is 5.16 Å². The number of aromatic nitrogens is 2. The molecule has 1 saturated carbocycles. The van der Waals surface area contributed by atoms with Crippen molar-refractivity contribution in [1.29, 1.82) is 0 Å². The van der Waals surface area contributed by atoms with Gasteiger partial charge in [0, 0.05) is 25.9 Å². The summed E-state index contributed by atoms with van der Waals surface area (Å²) in [6.45, 7) is 0. The van der Waals surface area contributed by atoms with Crippen molar-refractivity contribution in [2.24, 2.45) is 0 Å². The summed E-state index contributed by atoms with van der Waals surface area (Å²) in [6.07, 6.45) is 5.44. The van der Waals surface area contributed by atoms with Crippen LogP contribution < -0.4 is 5.56 Å². The van der Waals surface area contributed by atoms with E-state index in [0.717, 1.165) is 31.2 Å². The highest BCUT2D eigenvalue weighted by molar-refractivity contribution is 7.98. The fraction of sp³-hybridized carbons (Fsp3) is 0.391. The maximum Gasteiger partial charge on any atom is 0.262 e. The minimum Gasteiger partial charge on any atom is -0.284 e. The number of para-hydroxylation sites is 1. The molecule has 31 heavy (non-hydrogen) atoms. The summed E-state index contributed by atoms with van der Waals surface area (Å²) in [6, 6.07) is 14.6. The number of hydrogen-bond donors (Lipinski definition) is 0. The van der Waals surface area contributed by atoms with E-state index in [9.17, 15) is 13.2 Å². The van der Waals surface area contributed by atoms with Crippen molar-refractivity contribution < 1.29 is 8.42 Å². The highest BCUT2D eigenvalue weighted by atomic mass is 32.2. The van der Waals surface area contributed by atoms with Crippen molar-refractivity contribution in [3.05, 3.63) is 64.4 Å². The molecule has 0 atom stereocenters. The van der Waals surface area contributed by atoms with Gasteiger partial charge in [0.2, 0.25) is 10.0 Å². The third-order valence-corrected chi connectivity index (χ3v) is 8.60. The van der Waals surface area contributed by atoms with Crippen LogP contribution in [0.4, 0.5) is 0 Å². The molecule has 0 saturated heterocycles. The normalized spacial score (nSPS) is 15.6. The highest BCUT2D eigenvalue weighted by Crippen LogP contribution is 2.32. The van der Waals surface area contributed by atoms with Crippen LogP contribution in [0.25, 0.3) is 10.9 Å². The molecule has 2 aromatic carbocycles. The van der Waals surface area contributed by atoms with Crippen molar-refractivity contribution in [3.63, 3.8) is 0 Å². The molecular formula is C23H27N3O3S2. The number of fused-ring (bicyclic) bond motifs is 1. The summed E-state index contributed by atoms with van der Waals surface area (Å²) in [7, 11) is -0.437. The molecule has 0 bridgehead atoms. The van der Waals surface area contributed by atoms with Crippen LogP contribution in [-0.4, -0.2) is 36.4 Å². The fourth-order valence-corrected chi connectivity index (χ4v) is 6.02. The Bertz CT molecular complexity index is 1250. The molecule has 8 heteroatoms. The maximum absolute atomic E-state index is 13.3. The third-order valence-electron chi connectivity index (χ3n) is 5.76. The molecule has 0 aliphatic heterocycles. The first-order valence-electron chi connectivity index (χ1n) is 10.5. The summed E-state index contributed by atoms with van der Waals surface area (Å²) in [4.78, 5) is 18.4. The van der Waals surface area contributed by atoms with Crippen molar-refractivity contribution in [2.45, 2.75) is 54.0 Å². The van der Waals surface area contributed by atoms with Gasteiger partial charge in [0.05, 0.1) is 15.8 Å². The van der Waals surface area contributed by atoms with Crippen molar-refractivity contribution in [3.8, 4) is 0 Å². The molecule has 0 unspecified atom stereocenters. The first kappa shape index (κ1) is 22.0. The van der Waals surface area contributed by atoms with Gasteiger partial charge >= 0.3 is 0 Å². The van der Waals surface area contributed by atoms with E-state index in [1.54, 1.807) is 18.2 Å². The molecular weight excluding hydrogens is 430 g/mol. The SMILES string of the molecule is CN(C)S(=O)(=O)c1cccc(CSc2nc3ccccc3c(=O)n2C2CCCCC2)c1. The second-order valence-electron chi connectivity index (χ2n) is 8.10. The molecule has 1 aliphatic carbocycles. The van der Waals surface area contributed by atoms with Gasteiger partial charge in [-0.2, -0.15) is 0 Å². The lowest BCUT2D eigenvalue weighted by Gasteiger charge is -2.26. The molecule has 4 rings (SSSR count). The van der Waals surface area contributed by atoms with Crippen LogP contribution in [0.3, 0.4) is 0 Å². The second-order valence-corrected chi connectivity index (χ2v) is 11.2. The van der Waals surface area contributed by atoms with Crippen LogP contribution in [0.2, 0.25) is 0 Å². The fourth-order valence-electron chi connectivity index (χ4n) is 4.04. The van der Waals surface area contributed by atoms with Crippen molar-refractivity contribution >= 4 is 32.7 Å². The lowest BCUT2D eigenvalue weighted by atomic mass is 9.95. The van der Waals surface area contributed by atoms with E-state index < -0.39 is 10.0 Å². The summed E-state index contributed by atoms with van der Waals surface area (Å²) < 4.78 is 28.0. The van der Waals surface area contributed by atoms with Crippen LogP contribution in [-0.2, 0) is 15.8 Å². The molecule has 3 aromatic rings. The first-order valence-corrected chi connectivity index (χ1v) is 13.0. The van der Waals surface area contributed by atoms with Gasteiger partial charge in [-0.05, 0) is 42.7 Å². The predicted molar refractivity (Wildman–Crippen MR) is 125 cm³/mol. The number of rotatable bonds is 6. The van der Waals surface area contributed by atoms with E-state index in [1.165, 1.54) is 36.6 Å². The lowest BCUT2D eigenvalue weighted by molar-refractivity contribution is 0.326. The third kappa shape index (κ3) is 4.56. The van der Waals surface area contributed by atoms with Gasteiger partial charge in [-0.15, -0.1) is 0 Å². The molecule has 0 amide bonds. The van der Waals surface area contributed by atoms with Crippen molar-refractivity contribution in [1.82, 2.24) is 13.9 Å². The number of thioether (sulfide) groups is 1. The van der Waals surface area contributed by atoms with E-state index in [0.29, 0.717) is 21.8 Å². The second kappa shape index (κ2) is 9.14. The quantitative estimate of drug-likeness (QED) is 0.404. The Hall–Kier alpha value is -2.16. The van der Waals surface area contributed by atoms with E-state index in [-0.39, 0.29) is 16.5 Å². The largest absolute Gasteiger partial charge is 0.284 e. The minimum absolute atomic E-state index is 0.0175. The van der Waals surface area contributed by atoms with Gasteiger partial charge < -0.3 is 0 Å².